The van der Waals surface area contributed by atoms with Crippen molar-refractivity contribution < 1.29 is 9.53 Å². The minimum atomic E-state index is -0.385. The number of rotatable bonds is 5. The summed E-state index contributed by atoms with van der Waals surface area (Å²) < 4.78 is 7.40. The number of benzene rings is 2. The van der Waals surface area contributed by atoms with E-state index in [9.17, 15) is 4.79 Å². The number of carbonyl (C=O) groups excluding carboxylic acids is 1. The third-order valence-electron chi connectivity index (χ3n) is 6.01. The summed E-state index contributed by atoms with van der Waals surface area (Å²) in [6.07, 6.45) is 4.17. The molecule has 2 heterocycles. The first kappa shape index (κ1) is 19.4. The topological polar surface area (TPSA) is 46.8 Å². The Bertz CT molecular complexity index is 1190. The molecule has 0 atom stereocenters. The average Bonchev–Trinajstić information content (AvgIpc) is 3.56. The van der Waals surface area contributed by atoms with Gasteiger partial charge < -0.3 is 14.2 Å². The van der Waals surface area contributed by atoms with Crippen LogP contribution in [0.4, 0.5) is 5.69 Å². The number of hydrogen-bond donors (Lipinski definition) is 0. The van der Waals surface area contributed by atoms with Crippen molar-refractivity contribution in [2.45, 2.75) is 19.4 Å². The SMILES string of the molecule is COC(=O)C1=CN=C(c2ccc(-c3ccccc3)n2CC2CC2)N(C)c2ccccc21. The third-order valence-corrected chi connectivity index (χ3v) is 6.01. The van der Waals surface area contributed by atoms with E-state index in [1.54, 1.807) is 6.20 Å². The molecule has 0 radical (unpaired) electrons. The minimum Gasteiger partial charge on any atom is -0.465 e. The Morgan fingerprint density at radius 2 is 1.71 bits per heavy atom. The molecule has 0 saturated heterocycles. The fraction of sp³-hybridized carbons (Fsp3) is 0.231. The Hall–Kier alpha value is -3.60. The number of nitrogens with zero attached hydrogens (tertiary/aromatic N) is 3. The quantitative estimate of drug-likeness (QED) is 0.557. The van der Waals surface area contributed by atoms with Crippen molar-refractivity contribution in [3.8, 4) is 11.3 Å². The Morgan fingerprint density at radius 1 is 1.00 bits per heavy atom. The first-order chi connectivity index (χ1) is 15.2. The molecule has 0 spiro atoms. The zero-order chi connectivity index (χ0) is 21.4. The van der Waals surface area contributed by atoms with Crippen LogP contribution in [0.25, 0.3) is 16.8 Å². The third kappa shape index (κ3) is 3.56. The lowest BCUT2D eigenvalue weighted by atomic mass is 10.0. The summed E-state index contributed by atoms with van der Waals surface area (Å²) in [5.74, 6) is 1.14. The second-order valence-electron chi connectivity index (χ2n) is 8.09. The number of carbonyl (C=O) groups is 1. The lowest BCUT2D eigenvalue weighted by Crippen LogP contribution is -2.30. The average molecular weight is 412 g/mol. The summed E-state index contributed by atoms with van der Waals surface area (Å²) in [5.41, 5.74) is 5.63. The number of para-hydroxylation sites is 1. The number of esters is 1. The van der Waals surface area contributed by atoms with Crippen molar-refractivity contribution >= 4 is 23.1 Å². The molecule has 1 saturated carbocycles. The van der Waals surface area contributed by atoms with Gasteiger partial charge in [-0.2, -0.15) is 0 Å². The van der Waals surface area contributed by atoms with Crippen molar-refractivity contribution in [3.05, 3.63) is 84.2 Å². The second kappa shape index (κ2) is 7.91. The highest BCUT2D eigenvalue weighted by atomic mass is 16.5. The summed E-state index contributed by atoms with van der Waals surface area (Å²) in [6.45, 7) is 0.967. The predicted octanol–water partition coefficient (Wildman–Crippen LogP) is 4.98. The number of ether oxygens (including phenoxy) is 1. The molecule has 1 aliphatic heterocycles. The highest BCUT2D eigenvalue weighted by Gasteiger charge is 2.28. The van der Waals surface area contributed by atoms with E-state index in [2.05, 4.69) is 45.9 Å². The van der Waals surface area contributed by atoms with Crippen LogP contribution in [0.3, 0.4) is 0 Å². The molecule has 5 rings (SSSR count). The molecule has 2 aliphatic rings. The number of aliphatic imine (C=N–C) groups is 1. The molecule has 1 fully saturated rings. The highest BCUT2D eigenvalue weighted by Crippen LogP contribution is 2.36. The molecule has 0 bridgehead atoms. The number of fused-ring (bicyclic) bond motifs is 1. The van der Waals surface area contributed by atoms with Crippen molar-refractivity contribution in [3.63, 3.8) is 0 Å². The molecule has 156 valence electrons. The van der Waals surface area contributed by atoms with Crippen LogP contribution in [0.1, 0.15) is 24.1 Å². The molecule has 2 aromatic carbocycles. The van der Waals surface area contributed by atoms with Crippen LogP contribution in [-0.2, 0) is 16.1 Å². The van der Waals surface area contributed by atoms with Gasteiger partial charge in [0.2, 0.25) is 0 Å². The van der Waals surface area contributed by atoms with Crippen LogP contribution in [0.15, 0.2) is 77.9 Å². The van der Waals surface area contributed by atoms with Crippen molar-refractivity contribution in [1.82, 2.24) is 4.57 Å². The van der Waals surface area contributed by atoms with E-state index in [0.717, 1.165) is 29.3 Å². The lowest BCUT2D eigenvalue weighted by molar-refractivity contribution is -0.133. The van der Waals surface area contributed by atoms with E-state index in [1.165, 1.54) is 31.2 Å². The Balaban J connectivity index is 1.66. The van der Waals surface area contributed by atoms with Crippen molar-refractivity contribution in [2.24, 2.45) is 10.9 Å². The fourth-order valence-electron chi connectivity index (χ4n) is 4.18. The molecule has 0 amide bonds. The van der Waals surface area contributed by atoms with Gasteiger partial charge in [-0.15, -0.1) is 0 Å². The summed E-state index contributed by atoms with van der Waals surface area (Å²) in [5, 5.41) is 0. The van der Waals surface area contributed by atoms with Crippen LogP contribution >= 0.6 is 0 Å². The number of methoxy groups -OCH3 is 1. The van der Waals surface area contributed by atoms with Crippen LogP contribution in [0, 0.1) is 5.92 Å². The molecule has 0 N–H and O–H groups in total. The van der Waals surface area contributed by atoms with E-state index in [4.69, 9.17) is 9.73 Å². The summed E-state index contributed by atoms with van der Waals surface area (Å²) in [4.78, 5) is 19.3. The number of amidine groups is 1. The molecule has 5 heteroatoms. The van der Waals surface area contributed by atoms with E-state index in [0.29, 0.717) is 11.5 Å². The highest BCUT2D eigenvalue weighted by molar-refractivity contribution is 6.21. The van der Waals surface area contributed by atoms with Gasteiger partial charge in [0.05, 0.1) is 24.1 Å². The maximum Gasteiger partial charge on any atom is 0.340 e. The predicted molar refractivity (Wildman–Crippen MR) is 124 cm³/mol. The van der Waals surface area contributed by atoms with E-state index in [-0.39, 0.29) is 5.97 Å². The fourth-order valence-corrected chi connectivity index (χ4v) is 4.18. The molecular formula is C26H25N3O2. The van der Waals surface area contributed by atoms with Gasteiger partial charge in [-0.1, -0.05) is 48.5 Å². The second-order valence-corrected chi connectivity index (χ2v) is 8.09. The van der Waals surface area contributed by atoms with Crippen LogP contribution in [0.5, 0.6) is 0 Å². The number of aromatic nitrogens is 1. The molecule has 31 heavy (non-hydrogen) atoms. The van der Waals surface area contributed by atoms with Gasteiger partial charge in [0.25, 0.3) is 0 Å². The Morgan fingerprint density at radius 3 is 2.45 bits per heavy atom. The first-order valence-corrected chi connectivity index (χ1v) is 10.6. The Kier molecular flexibility index (Phi) is 4.94. The van der Waals surface area contributed by atoms with Crippen molar-refractivity contribution in [2.75, 3.05) is 19.1 Å². The van der Waals surface area contributed by atoms with E-state index in [1.807, 2.05) is 37.4 Å². The van der Waals surface area contributed by atoms with Gasteiger partial charge in [0.1, 0.15) is 0 Å². The largest absolute Gasteiger partial charge is 0.465 e. The van der Waals surface area contributed by atoms with Crippen molar-refractivity contribution in [1.29, 1.82) is 0 Å². The molecule has 5 nitrogen and oxygen atoms in total. The maximum atomic E-state index is 12.5. The smallest absolute Gasteiger partial charge is 0.340 e. The van der Waals surface area contributed by atoms with Crippen LogP contribution in [0.2, 0.25) is 0 Å². The zero-order valence-corrected chi connectivity index (χ0v) is 17.8. The van der Waals surface area contributed by atoms with Gasteiger partial charge in [0, 0.05) is 31.0 Å². The summed E-state index contributed by atoms with van der Waals surface area (Å²) in [6, 6.07) is 22.6. The summed E-state index contributed by atoms with van der Waals surface area (Å²) >= 11 is 0. The summed E-state index contributed by atoms with van der Waals surface area (Å²) in [7, 11) is 3.40. The molecule has 3 aromatic rings. The van der Waals surface area contributed by atoms with Gasteiger partial charge in [-0.25, -0.2) is 9.79 Å². The van der Waals surface area contributed by atoms with Gasteiger partial charge in [-0.05, 0) is 42.5 Å². The molecule has 0 unspecified atom stereocenters. The molecular weight excluding hydrogens is 386 g/mol. The monoisotopic (exact) mass is 411 g/mol. The van der Waals surface area contributed by atoms with Gasteiger partial charge >= 0.3 is 5.97 Å². The van der Waals surface area contributed by atoms with E-state index < -0.39 is 0 Å². The molecule has 1 aliphatic carbocycles. The zero-order valence-electron chi connectivity index (χ0n) is 17.8. The van der Waals surface area contributed by atoms with E-state index >= 15 is 0 Å². The normalized spacial score (nSPS) is 15.6. The first-order valence-electron chi connectivity index (χ1n) is 10.6. The molecule has 1 aromatic heterocycles. The standard InChI is InChI=1S/C26H25N3O2/c1-28-23-11-7-6-10-20(23)21(26(30)31-2)16-27-25(28)24-15-14-22(19-8-4-3-5-9-19)29(24)17-18-12-13-18/h3-11,14-16,18H,12-13,17H2,1-2H3. The maximum absolute atomic E-state index is 12.5. The minimum absolute atomic E-state index is 0.385. The van der Waals surface area contributed by atoms with Gasteiger partial charge in [-0.3, -0.25) is 0 Å². The number of anilines is 1. The van der Waals surface area contributed by atoms with Crippen LogP contribution in [-0.4, -0.2) is 30.5 Å². The number of hydrogen-bond acceptors (Lipinski definition) is 4. The Labute approximate surface area is 182 Å². The van der Waals surface area contributed by atoms with Gasteiger partial charge in [0.15, 0.2) is 5.84 Å². The lowest BCUT2D eigenvalue weighted by Gasteiger charge is -2.24. The van der Waals surface area contributed by atoms with Crippen LogP contribution < -0.4 is 4.90 Å².